The second-order valence-corrected chi connectivity index (χ2v) is 6.33. The van der Waals surface area contributed by atoms with E-state index in [0.29, 0.717) is 12.1 Å². The van der Waals surface area contributed by atoms with Crippen LogP contribution in [0.4, 0.5) is 4.39 Å². The molecule has 0 unspecified atom stereocenters. The number of rotatable bonds is 5. The van der Waals surface area contributed by atoms with Gasteiger partial charge in [0.25, 0.3) is 0 Å². The summed E-state index contributed by atoms with van der Waals surface area (Å²) >= 11 is 0. The lowest BCUT2D eigenvalue weighted by Gasteiger charge is -2.21. The molecular weight excluding hydrogens is 305 g/mol. The van der Waals surface area contributed by atoms with Crippen LogP contribution >= 0.6 is 0 Å². The zero-order chi connectivity index (χ0) is 17.3. The molecule has 1 aliphatic carbocycles. The Hall–Kier alpha value is -2.43. The topological polar surface area (TPSA) is 38.1 Å². The summed E-state index contributed by atoms with van der Waals surface area (Å²) in [5.74, 6) is -0.345. The summed E-state index contributed by atoms with van der Waals surface area (Å²) in [7, 11) is 1.89. The Balaban J connectivity index is 1.78. The fourth-order valence-corrected chi connectivity index (χ4v) is 2.86. The molecule has 3 rings (SSSR count). The van der Waals surface area contributed by atoms with Gasteiger partial charge >= 0.3 is 0 Å². The number of hydrogen-bond donors (Lipinski definition) is 0. The van der Waals surface area contributed by atoms with E-state index in [-0.39, 0.29) is 17.8 Å². The number of hydrogen-bond acceptors (Lipinski definition) is 2. The number of halogens is 1. The number of aromatic nitrogens is 2. The zero-order valence-corrected chi connectivity index (χ0v) is 14.3. The fourth-order valence-electron chi connectivity index (χ4n) is 2.86. The van der Waals surface area contributed by atoms with E-state index in [9.17, 15) is 9.18 Å². The molecule has 126 valence electrons. The Kier molecular flexibility index (Phi) is 4.51. The Morgan fingerprint density at radius 3 is 2.67 bits per heavy atom. The van der Waals surface area contributed by atoms with Crippen LogP contribution in [0.5, 0.6) is 0 Å². The molecular formula is C19H22FN3O. The highest BCUT2D eigenvalue weighted by atomic mass is 19.1. The molecule has 1 aliphatic rings. The molecule has 0 aliphatic heterocycles. The highest BCUT2D eigenvalue weighted by molar-refractivity contribution is 5.92. The van der Waals surface area contributed by atoms with E-state index >= 15 is 0 Å². The molecule has 2 aromatic rings. The Morgan fingerprint density at radius 1 is 1.38 bits per heavy atom. The van der Waals surface area contributed by atoms with Crippen molar-refractivity contribution in [3.63, 3.8) is 0 Å². The summed E-state index contributed by atoms with van der Waals surface area (Å²) in [6, 6.07) is 6.85. The lowest BCUT2D eigenvalue weighted by atomic mass is 10.1. The first-order valence-electron chi connectivity index (χ1n) is 8.19. The minimum atomic E-state index is -0.265. The van der Waals surface area contributed by atoms with Crippen molar-refractivity contribution in [1.82, 2.24) is 14.7 Å². The predicted octanol–water partition coefficient (Wildman–Crippen LogP) is 3.38. The van der Waals surface area contributed by atoms with Crippen LogP contribution in [-0.2, 0) is 18.4 Å². The molecule has 0 spiro atoms. The number of nitrogens with zero attached hydrogens (tertiary/aromatic N) is 3. The van der Waals surface area contributed by atoms with Gasteiger partial charge in [-0.3, -0.25) is 9.48 Å². The maximum atomic E-state index is 13.9. The Bertz CT molecular complexity index is 790. The molecule has 0 atom stereocenters. The van der Waals surface area contributed by atoms with Crippen LogP contribution in [0.2, 0.25) is 0 Å². The SMILES string of the molecule is Cc1nn(C)c(C)c1/C=C/C(=O)N(Cc1ccccc1F)C1CC1. The largest absolute Gasteiger partial charge is 0.332 e. The first-order chi connectivity index (χ1) is 11.5. The van der Waals surface area contributed by atoms with E-state index in [4.69, 9.17) is 0 Å². The fraction of sp³-hybridized carbons (Fsp3) is 0.368. The van der Waals surface area contributed by atoms with Gasteiger partial charge in [0.15, 0.2) is 0 Å². The maximum Gasteiger partial charge on any atom is 0.247 e. The minimum Gasteiger partial charge on any atom is -0.332 e. The first kappa shape index (κ1) is 16.4. The van der Waals surface area contributed by atoms with Crippen molar-refractivity contribution >= 4 is 12.0 Å². The van der Waals surface area contributed by atoms with E-state index in [2.05, 4.69) is 5.10 Å². The van der Waals surface area contributed by atoms with Gasteiger partial charge in [-0.05, 0) is 38.8 Å². The summed E-state index contributed by atoms with van der Waals surface area (Å²) in [6.07, 6.45) is 5.37. The van der Waals surface area contributed by atoms with Gasteiger partial charge < -0.3 is 4.90 Å². The Labute approximate surface area is 141 Å². The lowest BCUT2D eigenvalue weighted by molar-refractivity contribution is -0.127. The van der Waals surface area contributed by atoms with Gasteiger partial charge in [0.1, 0.15) is 5.82 Å². The highest BCUT2D eigenvalue weighted by Crippen LogP contribution is 2.29. The molecule has 1 heterocycles. The van der Waals surface area contributed by atoms with Crippen molar-refractivity contribution in [2.24, 2.45) is 7.05 Å². The molecule has 24 heavy (non-hydrogen) atoms. The van der Waals surface area contributed by atoms with Gasteiger partial charge in [0, 0.05) is 42.5 Å². The van der Waals surface area contributed by atoms with E-state index < -0.39 is 0 Å². The molecule has 5 heteroatoms. The van der Waals surface area contributed by atoms with Crippen LogP contribution in [0.25, 0.3) is 6.08 Å². The van der Waals surface area contributed by atoms with Crippen molar-refractivity contribution in [3.8, 4) is 0 Å². The third kappa shape index (κ3) is 3.40. The average molecular weight is 327 g/mol. The highest BCUT2D eigenvalue weighted by Gasteiger charge is 2.32. The normalized spacial score (nSPS) is 14.3. The van der Waals surface area contributed by atoms with E-state index in [0.717, 1.165) is 29.8 Å². The number of aryl methyl sites for hydroxylation is 2. The molecule has 1 aromatic heterocycles. The van der Waals surface area contributed by atoms with Crippen molar-refractivity contribution < 1.29 is 9.18 Å². The van der Waals surface area contributed by atoms with Crippen LogP contribution < -0.4 is 0 Å². The van der Waals surface area contributed by atoms with Gasteiger partial charge in [-0.25, -0.2) is 4.39 Å². The van der Waals surface area contributed by atoms with Gasteiger partial charge in [-0.2, -0.15) is 5.10 Å². The zero-order valence-electron chi connectivity index (χ0n) is 14.3. The Morgan fingerprint density at radius 2 is 2.08 bits per heavy atom. The third-order valence-electron chi connectivity index (χ3n) is 4.53. The predicted molar refractivity (Wildman–Crippen MR) is 91.7 cm³/mol. The molecule has 0 saturated heterocycles. The maximum absolute atomic E-state index is 13.9. The molecule has 1 fully saturated rings. The summed E-state index contributed by atoms with van der Waals surface area (Å²) in [5, 5.41) is 4.35. The number of amides is 1. The van der Waals surface area contributed by atoms with Crippen LogP contribution in [0.3, 0.4) is 0 Å². The quantitative estimate of drug-likeness (QED) is 0.790. The summed E-state index contributed by atoms with van der Waals surface area (Å²) in [6.45, 7) is 4.21. The van der Waals surface area contributed by atoms with Crippen LogP contribution in [-0.4, -0.2) is 26.6 Å². The summed E-state index contributed by atoms with van der Waals surface area (Å²) in [4.78, 5) is 14.4. The molecule has 1 aromatic carbocycles. The van der Waals surface area contributed by atoms with E-state index in [1.54, 1.807) is 33.9 Å². The van der Waals surface area contributed by atoms with Crippen molar-refractivity contribution in [2.75, 3.05) is 0 Å². The van der Waals surface area contributed by atoms with E-state index in [1.807, 2.05) is 27.0 Å². The van der Waals surface area contributed by atoms with Crippen LogP contribution in [0, 0.1) is 19.7 Å². The molecule has 0 radical (unpaired) electrons. The van der Waals surface area contributed by atoms with Crippen molar-refractivity contribution in [3.05, 3.63) is 58.7 Å². The van der Waals surface area contributed by atoms with E-state index in [1.165, 1.54) is 6.07 Å². The van der Waals surface area contributed by atoms with Crippen LogP contribution in [0.1, 0.15) is 35.4 Å². The second kappa shape index (κ2) is 6.59. The molecule has 4 nitrogen and oxygen atoms in total. The van der Waals surface area contributed by atoms with Gasteiger partial charge in [0.05, 0.1) is 5.69 Å². The van der Waals surface area contributed by atoms with Gasteiger partial charge in [-0.15, -0.1) is 0 Å². The van der Waals surface area contributed by atoms with Crippen LogP contribution in [0.15, 0.2) is 30.3 Å². The molecule has 0 bridgehead atoms. The monoisotopic (exact) mass is 327 g/mol. The molecule has 1 saturated carbocycles. The average Bonchev–Trinajstić information content (AvgIpc) is 3.34. The smallest absolute Gasteiger partial charge is 0.247 e. The third-order valence-corrected chi connectivity index (χ3v) is 4.53. The number of benzene rings is 1. The van der Waals surface area contributed by atoms with Gasteiger partial charge in [-0.1, -0.05) is 18.2 Å². The number of carbonyl (C=O) groups is 1. The van der Waals surface area contributed by atoms with Crippen molar-refractivity contribution in [1.29, 1.82) is 0 Å². The standard InChI is InChI=1S/C19H22FN3O/c1-13-17(14(2)22(3)21-13)10-11-19(24)23(16-8-9-16)12-15-6-4-5-7-18(15)20/h4-7,10-11,16H,8-9,12H2,1-3H3/b11-10+. The van der Waals surface area contributed by atoms with Crippen molar-refractivity contribution in [2.45, 2.75) is 39.3 Å². The molecule has 0 N–H and O–H groups in total. The lowest BCUT2D eigenvalue weighted by Crippen LogP contribution is -2.31. The minimum absolute atomic E-state index is 0.0802. The second-order valence-electron chi connectivity index (χ2n) is 6.33. The first-order valence-corrected chi connectivity index (χ1v) is 8.19. The molecule has 1 amide bonds. The summed E-state index contributed by atoms with van der Waals surface area (Å²) in [5.41, 5.74) is 3.43. The van der Waals surface area contributed by atoms with Gasteiger partial charge in [0.2, 0.25) is 5.91 Å². The number of carbonyl (C=O) groups excluding carboxylic acids is 1. The summed E-state index contributed by atoms with van der Waals surface area (Å²) < 4.78 is 15.7.